The molecule has 4 rings (SSSR count). The fourth-order valence-corrected chi connectivity index (χ4v) is 3.88. The lowest BCUT2D eigenvalue weighted by molar-refractivity contribution is -0.120. The van der Waals surface area contributed by atoms with Gasteiger partial charge >= 0.3 is 0 Å². The lowest BCUT2D eigenvalue weighted by Crippen LogP contribution is -2.33. The summed E-state index contributed by atoms with van der Waals surface area (Å²) >= 11 is 0. The number of nitrogens with one attached hydrogen (secondary N) is 2. The Kier molecular flexibility index (Phi) is 5.84. The number of para-hydroxylation sites is 1. The highest BCUT2D eigenvalue weighted by molar-refractivity contribution is 6.46. The number of imide groups is 1. The van der Waals surface area contributed by atoms with Crippen LogP contribution in [0.5, 0.6) is 0 Å². The van der Waals surface area contributed by atoms with Crippen molar-refractivity contribution < 1.29 is 14.4 Å². The van der Waals surface area contributed by atoms with Gasteiger partial charge in [-0.05, 0) is 67.3 Å². The molecule has 0 aliphatic carbocycles. The Bertz CT molecular complexity index is 1310. The maximum atomic E-state index is 13.7. The molecule has 3 amide bonds. The van der Waals surface area contributed by atoms with Crippen LogP contribution in [0.3, 0.4) is 0 Å². The Balaban J connectivity index is 1.83. The van der Waals surface area contributed by atoms with E-state index in [0.717, 1.165) is 22.4 Å². The van der Waals surface area contributed by atoms with Crippen molar-refractivity contribution in [1.29, 1.82) is 0 Å². The molecule has 3 aromatic rings. The second-order valence-corrected chi connectivity index (χ2v) is 8.11. The zero-order valence-electron chi connectivity index (χ0n) is 19.0. The highest BCUT2D eigenvalue weighted by Gasteiger charge is 2.41. The third kappa shape index (κ3) is 4.15. The average molecular weight is 440 g/mol. The third-order valence-electron chi connectivity index (χ3n) is 5.80. The van der Waals surface area contributed by atoms with Gasteiger partial charge in [-0.15, -0.1) is 0 Å². The van der Waals surface area contributed by atoms with Gasteiger partial charge in [0, 0.05) is 18.3 Å². The summed E-state index contributed by atoms with van der Waals surface area (Å²) < 4.78 is 0. The van der Waals surface area contributed by atoms with Crippen molar-refractivity contribution in [2.24, 2.45) is 0 Å². The molecular weight excluding hydrogens is 414 g/mol. The summed E-state index contributed by atoms with van der Waals surface area (Å²) in [6.07, 6.45) is 0. The number of hydrogen-bond donors (Lipinski definition) is 2. The van der Waals surface area contributed by atoms with Crippen LogP contribution in [0, 0.1) is 20.8 Å². The number of rotatable bonds is 5. The van der Waals surface area contributed by atoms with Gasteiger partial charge in [-0.1, -0.05) is 42.5 Å². The quantitative estimate of drug-likeness (QED) is 0.551. The summed E-state index contributed by atoms with van der Waals surface area (Å²) in [5.41, 5.74) is 5.86. The van der Waals surface area contributed by atoms with Crippen LogP contribution in [-0.4, -0.2) is 17.7 Å². The van der Waals surface area contributed by atoms with Crippen molar-refractivity contribution >= 4 is 40.4 Å². The number of carbonyl (C=O) groups excluding carboxylic acids is 3. The number of aryl methyl sites for hydroxylation is 2. The molecule has 1 heterocycles. The molecule has 3 aromatic carbocycles. The summed E-state index contributed by atoms with van der Waals surface area (Å²) in [5, 5.41) is 5.93. The van der Waals surface area contributed by atoms with Gasteiger partial charge in [0.2, 0.25) is 5.91 Å². The molecular formula is C27H25N3O3. The Morgan fingerprint density at radius 1 is 0.788 bits per heavy atom. The van der Waals surface area contributed by atoms with Crippen LogP contribution in [0.2, 0.25) is 0 Å². The fourth-order valence-electron chi connectivity index (χ4n) is 3.88. The van der Waals surface area contributed by atoms with Crippen LogP contribution in [0.15, 0.2) is 72.4 Å². The first-order valence-corrected chi connectivity index (χ1v) is 10.7. The van der Waals surface area contributed by atoms with Gasteiger partial charge in [0.1, 0.15) is 5.70 Å². The summed E-state index contributed by atoms with van der Waals surface area (Å²) in [4.78, 5) is 39.9. The van der Waals surface area contributed by atoms with E-state index < -0.39 is 11.8 Å². The standard InChI is InChI=1S/C27H25N3O3/c1-16-9-7-11-23(18(16)3)30-26(32)24(20-12-14-21(15-13-20)28-19(4)31)25(27(30)33)29-22-10-6-5-8-17(22)2/h5-15,29H,1-4H3,(H,28,31). The second kappa shape index (κ2) is 8.74. The zero-order chi connectivity index (χ0) is 23.7. The Hall–Kier alpha value is -4.19. The van der Waals surface area contributed by atoms with Gasteiger partial charge < -0.3 is 10.6 Å². The molecule has 1 aliphatic rings. The molecule has 0 saturated heterocycles. The van der Waals surface area contributed by atoms with Gasteiger partial charge in [-0.25, -0.2) is 4.90 Å². The minimum Gasteiger partial charge on any atom is -0.350 e. The van der Waals surface area contributed by atoms with Gasteiger partial charge in [0.25, 0.3) is 11.8 Å². The summed E-state index contributed by atoms with van der Waals surface area (Å²) in [6.45, 7) is 7.22. The zero-order valence-corrected chi connectivity index (χ0v) is 19.0. The van der Waals surface area contributed by atoms with Crippen molar-refractivity contribution in [3.05, 3.63) is 94.7 Å². The van der Waals surface area contributed by atoms with Crippen molar-refractivity contribution in [2.45, 2.75) is 27.7 Å². The molecule has 2 N–H and O–H groups in total. The van der Waals surface area contributed by atoms with Gasteiger partial charge in [0.05, 0.1) is 11.3 Å². The van der Waals surface area contributed by atoms with Crippen LogP contribution < -0.4 is 15.5 Å². The largest absolute Gasteiger partial charge is 0.350 e. The fraction of sp³-hybridized carbons (Fsp3) is 0.148. The minimum atomic E-state index is -0.405. The predicted molar refractivity (Wildman–Crippen MR) is 131 cm³/mol. The van der Waals surface area contributed by atoms with E-state index in [4.69, 9.17) is 0 Å². The van der Waals surface area contributed by atoms with Crippen molar-refractivity contribution in [1.82, 2.24) is 0 Å². The topological polar surface area (TPSA) is 78.5 Å². The van der Waals surface area contributed by atoms with E-state index in [0.29, 0.717) is 22.5 Å². The SMILES string of the molecule is CC(=O)Nc1ccc(C2=C(Nc3ccccc3C)C(=O)N(c3cccc(C)c3C)C2=O)cc1. The minimum absolute atomic E-state index is 0.183. The number of nitrogens with zero attached hydrogens (tertiary/aromatic N) is 1. The molecule has 0 unspecified atom stereocenters. The highest BCUT2D eigenvalue weighted by Crippen LogP contribution is 2.36. The van der Waals surface area contributed by atoms with Crippen LogP contribution in [0.4, 0.5) is 17.1 Å². The number of hydrogen-bond acceptors (Lipinski definition) is 4. The average Bonchev–Trinajstić information content (AvgIpc) is 3.01. The molecule has 6 heteroatoms. The Labute approximate surface area is 192 Å². The van der Waals surface area contributed by atoms with E-state index in [1.807, 2.05) is 57.2 Å². The molecule has 166 valence electrons. The highest BCUT2D eigenvalue weighted by atomic mass is 16.2. The van der Waals surface area contributed by atoms with Crippen molar-refractivity contribution in [3.63, 3.8) is 0 Å². The Morgan fingerprint density at radius 2 is 1.45 bits per heavy atom. The molecule has 1 aliphatic heterocycles. The van der Waals surface area contributed by atoms with Crippen LogP contribution in [0.1, 0.15) is 29.2 Å². The maximum Gasteiger partial charge on any atom is 0.282 e. The van der Waals surface area contributed by atoms with Crippen LogP contribution in [0.25, 0.3) is 5.57 Å². The number of anilines is 3. The molecule has 0 atom stereocenters. The normalized spacial score (nSPS) is 13.5. The van der Waals surface area contributed by atoms with Crippen LogP contribution in [-0.2, 0) is 14.4 Å². The van der Waals surface area contributed by atoms with Gasteiger partial charge in [0.15, 0.2) is 0 Å². The van der Waals surface area contributed by atoms with E-state index in [2.05, 4.69) is 10.6 Å². The van der Waals surface area contributed by atoms with Crippen molar-refractivity contribution in [2.75, 3.05) is 15.5 Å². The van der Waals surface area contributed by atoms with E-state index in [9.17, 15) is 14.4 Å². The third-order valence-corrected chi connectivity index (χ3v) is 5.80. The van der Waals surface area contributed by atoms with Gasteiger partial charge in [-0.2, -0.15) is 0 Å². The summed E-state index contributed by atoms with van der Waals surface area (Å²) in [6, 6.07) is 20.1. The van der Waals surface area contributed by atoms with Crippen molar-refractivity contribution in [3.8, 4) is 0 Å². The number of amides is 3. The number of benzene rings is 3. The lowest BCUT2D eigenvalue weighted by atomic mass is 10.0. The number of carbonyl (C=O) groups is 3. The second-order valence-electron chi connectivity index (χ2n) is 8.11. The monoisotopic (exact) mass is 439 g/mol. The molecule has 0 aromatic heterocycles. The molecule has 0 saturated carbocycles. The molecule has 0 radical (unpaired) electrons. The molecule has 0 bridgehead atoms. The molecule has 0 spiro atoms. The van der Waals surface area contributed by atoms with E-state index in [1.54, 1.807) is 30.3 Å². The lowest BCUT2D eigenvalue weighted by Gasteiger charge is -2.19. The van der Waals surface area contributed by atoms with E-state index >= 15 is 0 Å². The first-order chi connectivity index (χ1) is 15.8. The van der Waals surface area contributed by atoms with E-state index in [-0.39, 0.29) is 11.6 Å². The maximum absolute atomic E-state index is 13.7. The van der Waals surface area contributed by atoms with E-state index in [1.165, 1.54) is 11.8 Å². The van der Waals surface area contributed by atoms with Gasteiger partial charge in [-0.3, -0.25) is 14.4 Å². The molecule has 33 heavy (non-hydrogen) atoms. The smallest absolute Gasteiger partial charge is 0.282 e. The summed E-state index contributed by atoms with van der Waals surface area (Å²) in [5.74, 6) is -0.980. The molecule has 6 nitrogen and oxygen atoms in total. The summed E-state index contributed by atoms with van der Waals surface area (Å²) in [7, 11) is 0. The molecule has 0 fully saturated rings. The predicted octanol–water partition coefficient (Wildman–Crippen LogP) is 4.97. The van der Waals surface area contributed by atoms with Crippen LogP contribution >= 0.6 is 0 Å². The first-order valence-electron chi connectivity index (χ1n) is 10.7. The first kappa shape index (κ1) is 22.0. The Morgan fingerprint density at radius 3 is 2.12 bits per heavy atom.